The van der Waals surface area contributed by atoms with E-state index in [9.17, 15) is 27.2 Å². The lowest BCUT2D eigenvalue weighted by Crippen LogP contribution is -2.33. The van der Waals surface area contributed by atoms with Gasteiger partial charge in [0.05, 0.1) is 0 Å². The predicted molar refractivity (Wildman–Crippen MR) is 77.0 cm³/mol. The lowest BCUT2D eigenvalue weighted by Gasteiger charge is -2.14. The first-order valence-electron chi connectivity index (χ1n) is 6.92. The topological polar surface area (TPSA) is 52.6 Å². The molecule has 0 atom stereocenters. The minimum atomic E-state index is -4.38. The summed E-state index contributed by atoms with van der Waals surface area (Å²) < 4.78 is 57.8. The Hall–Kier alpha value is -1.83. The SMILES string of the molecule is O=C(CCCC(=O)OCC(F)(F)C(F)F)OCc1ccc(Cl)cc1. The molecule has 0 aromatic heterocycles. The van der Waals surface area contributed by atoms with Gasteiger partial charge >= 0.3 is 24.3 Å². The first-order valence-corrected chi connectivity index (χ1v) is 7.30. The summed E-state index contributed by atoms with van der Waals surface area (Å²) in [6.07, 6.45) is -4.39. The molecule has 0 radical (unpaired) electrons. The summed E-state index contributed by atoms with van der Waals surface area (Å²) in [6, 6.07) is 6.62. The Morgan fingerprint density at radius 3 is 2.12 bits per heavy atom. The van der Waals surface area contributed by atoms with Gasteiger partial charge < -0.3 is 9.47 Å². The fourth-order valence-corrected chi connectivity index (χ4v) is 1.63. The number of carbonyl (C=O) groups is 2. The average molecular weight is 371 g/mol. The van der Waals surface area contributed by atoms with E-state index in [1.54, 1.807) is 24.3 Å². The standard InChI is InChI=1S/C15H15ClF4O4/c16-11-6-4-10(5-7-11)8-23-12(21)2-1-3-13(22)24-9-15(19,20)14(17)18/h4-7,14H,1-3,8-9H2. The molecule has 0 aliphatic rings. The third-order valence-electron chi connectivity index (χ3n) is 2.82. The van der Waals surface area contributed by atoms with Crippen LogP contribution in [-0.4, -0.2) is 30.9 Å². The van der Waals surface area contributed by atoms with E-state index in [4.69, 9.17) is 16.3 Å². The highest BCUT2D eigenvalue weighted by Gasteiger charge is 2.42. The van der Waals surface area contributed by atoms with Crippen LogP contribution in [-0.2, 0) is 25.7 Å². The Labute approximate surface area is 140 Å². The van der Waals surface area contributed by atoms with Crippen molar-refractivity contribution in [1.29, 1.82) is 0 Å². The van der Waals surface area contributed by atoms with Gasteiger partial charge in [-0.15, -0.1) is 0 Å². The zero-order chi connectivity index (χ0) is 18.2. The van der Waals surface area contributed by atoms with Crippen molar-refractivity contribution in [3.05, 3.63) is 34.9 Å². The molecule has 0 saturated heterocycles. The number of esters is 2. The molecule has 0 bridgehead atoms. The Kier molecular flexibility index (Phi) is 7.97. The van der Waals surface area contributed by atoms with Crippen molar-refractivity contribution in [3.63, 3.8) is 0 Å². The van der Waals surface area contributed by atoms with E-state index in [0.29, 0.717) is 5.02 Å². The third kappa shape index (κ3) is 7.63. The van der Waals surface area contributed by atoms with Crippen LogP contribution >= 0.6 is 11.6 Å². The molecule has 0 amide bonds. The molecule has 0 heterocycles. The molecule has 0 saturated carbocycles. The van der Waals surface area contributed by atoms with E-state index in [1.807, 2.05) is 0 Å². The lowest BCUT2D eigenvalue weighted by molar-refractivity contribution is -0.179. The van der Waals surface area contributed by atoms with Gasteiger partial charge in [0.25, 0.3) is 0 Å². The number of ether oxygens (including phenoxy) is 2. The van der Waals surface area contributed by atoms with Crippen molar-refractivity contribution in [1.82, 2.24) is 0 Å². The molecule has 0 aliphatic heterocycles. The number of rotatable bonds is 9. The quantitative estimate of drug-likeness (QED) is 0.487. The maximum absolute atomic E-state index is 12.5. The fraction of sp³-hybridized carbons (Fsp3) is 0.467. The van der Waals surface area contributed by atoms with Gasteiger partial charge in [-0.05, 0) is 24.1 Å². The van der Waals surface area contributed by atoms with E-state index in [0.717, 1.165) is 5.56 Å². The van der Waals surface area contributed by atoms with Crippen molar-refractivity contribution < 1.29 is 36.6 Å². The van der Waals surface area contributed by atoms with Gasteiger partial charge in [-0.25, -0.2) is 8.78 Å². The highest BCUT2D eigenvalue weighted by molar-refractivity contribution is 6.30. The second kappa shape index (κ2) is 9.46. The van der Waals surface area contributed by atoms with Crippen molar-refractivity contribution in [2.75, 3.05) is 6.61 Å². The van der Waals surface area contributed by atoms with Gasteiger partial charge in [0.1, 0.15) is 6.61 Å². The summed E-state index contributed by atoms with van der Waals surface area (Å²) in [4.78, 5) is 22.6. The number of carbonyl (C=O) groups excluding carboxylic acids is 2. The van der Waals surface area contributed by atoms with Gasteiger partial charge in [0, 0.05) is 17.9 Å². The van der Waals surface area contributed by atoms with Crippen LogP contribution in [0.1, 0.15) is 24.8 Å². The van der Waals surface area contributed by atoms with Gasteiger partial charge in [-0.1, -0.05) is 23.7 Å². The van der Waals surface area contributed by atoms with Crippen molar-refractivity contribution in [2.24, 2.45) is 0 Å². The molecular formula is C15H15ClF4O4. The minimum Gasteiger partial charge on any atom is -0.461 e. The highest BCUT2D eigenvalue weighted by Crippen LogP contribution is 2.23. The molecule has 0 N–H and O–H groups in total. The largest absolute Gasteiger partial charge is 0.461 e. The van der Waals surface area contributed by atoms with E-state index in [2.05, 4.69) is 4.74 Å². The van der Waals surface area contributed by atoms with Gasteiger partial charge in [0.2, 0.25) is 0 Å². The molecule has 24 heavy (non-hydrogen) atoms. The van der Waals surface area contributed by atoms with Crippen LogP contribution in [0.4, 0.5) is 17.6 Å². The maximum atomic E-state index is 12.5. The monoisotopic (exact) mass is 370 g/mol. The van der Waals surface area contributed by atoms with Crippen LogP contribution in [0.25, 0.3) is 0 Å². The van der Waals surface area contributed by atoms with Gasteiger partial charge in [-0.2, -0.15) is 8.78 Å². The molecule has 0 aliphatic carbocycles. The van der Waals surface area contributed by atoms with Gasteiger partial charge in [0.15, 0.2) is 6.61 Å². The Morgan fingerprint density at radius 2 is 1.58 bits per heavy atom. The number of hydrogen-bond acceptors (Lipinski definition) is 4. The summed E-state index contributed by atoms with van der Waals surface area (Å²) >= 11 is 5.70. The Morgan fingerprint density at radius 1 is 1.04 bits per heavy atom. The second-order valence-corrected chi connectivity index (χ2v) is 5.30. The lowest BCUT2D eigenvalue weighted by atomic mass is 10.2. The normalized spacial score (nSPS) is 11.4. The molecular weight excluding hydrogens is 356 g/mol. The minimum absolute atomic E-state index is 0.00145. The van der Waals surface area contributed by atoms with Crippen LogP contribution in [0.3, 0.4) is 0 Å². The molecule has 0 fully saturated rings. The van der Waals surface area contributed by atoms with E-state index in [-0.39, 0.29) is 25.9 Å². The van der Waals surface area contributed by atoms with Crippen molar-refractivity contribution in [2.45, 2.75) is 38.2 Å². The summed E-state index contributed by atoms with van der Waals surface area (Å²) in [5, 5.41) is 0.543. The van der Waals surface area contributed by atoms with Crippen LogP contribution < -0.4 is 0 Å². The fourth-order valence-electron chi connectivity index (χ4n) is 1.51. The smallest absolute Gasteiger partial charge is 0.340 e. The Balaban J connectivity index is 2.18. The maximum Gasteiger partial charge on any atom is 0.340 e. The zero-order valence-electron chi connectivity index (χ0n) is 12.4. The average Bonchev–Trinajstić information content (AvgIpc) is 2.52. The van der Waals surface area contributed by atoms with E-state index < -0.39 is 30.9 Å². The van der Waals surface area contributed by atoms with E-state index >= 15 is 0 Å². The molecule has 0 spiro atoms. The third-order valence-corrected chi connectivity index (χ3v) is 3.07. The summed E-state index contributed by atoms with van der Waals surface area (Å²) in [6.45, 7) is -1.66. The molecule has 1 aromatic carbocycles. The number of benzene rings is 1. The van der Waals surface area contributed by atoms with E-state index in [1.165, 1.54) is 0 Å². The van der Waals surface area contributed by atoms with Crippen molar-refractivity contribution in [3.8, 4) is 0 Å². The number of halogens is 5. The van der Waals surface area contributed by atoms with Crippen LogP contribution in [0, 0.1) is 0 Å². The van der Waals surface area contributed by atoms with Crippen LogP contribution in [0.2, 0.25) is 5.02 Å². The zero-order valence-corrected chi connectivity index (χ0v) is 13.2. The second-order valence-electron chi connectivity index (χ2n) is 4.86. The molecule has 4 nitrogen and oxygen atoms in total. The summed E-state index contributed by atoms with van der Waals surface area (Å²) in [5.74, 6) is -6.05. The summed E-state index contributed by atoms with van der Waals surface area (Å²) in [5.41, 5.74) is 0.724. The Bertz CT molecular complexity index is 549. The molecule has 1 aromatic rings. The molecule has 9 heteroatoms. The highest BCUT2D eigenvalue weighted by atomic mass is 35.5. The van der Waals surface area contributed by atoms with Crippen molar-refractivity contribution >= 4 is 23.5 Å². The predicted octanol–water partition coefficient (Wildman–Crippen LogP) is 4.00. The molecule has 134 valence electrons. The van der Waals surface area contributed by atoms with Gasteiger partial charge in [-0.3, -0.25) is 9.59 Å². The first kappa shape index (κ1) is 20.2. The summed E-state index contributed by atoms with van der Waals surface area (Å²) in [7, 11) is 0. The number of hydrogen-bond donors (Lipinski definition) is 0. The first-order chi connectivity index (χ1) is 11.2. The van der Waals surface area contributed by atoms with Crippen LogP contribution in [0.5, 0.6) is 0 Å². The van der Waals surface area contributed by atoms with Crippen LogP contribution in [0.15, 0.2) is 24.3 Å². The molecule has 1 rings (SSSR count). The number of alkyl halides is 4. The molecule has 0 unspecified atom stereocenters.